The van der Waals surface area contributed by atoms with Gasteiger partial charge in [-0.1, -0.05) is 0 Å². The molecule has 0 saturated carbocycles. The molecule has 0 amide bonds. The predicted octanol–water partition coefficient (Wildman–Crippen LogP) is 3.73. The maximum Gasteiger partial charge on any atom is 0.416 e. The minimum atomic E-state index is -4.54. The van der Waals surface area contributed by atoms with Gasteiger partial charge >= 0.3 is 6.18 Å². The second-order valence-electron chi connectivity index (χ2n) is 4.03. The third kappa shape index (κ3) is 3.82. The number of hydrogen-bond acceptors (Lipinski definition) is 2. The van der Waals surface area contributed by atoms with E-state index in [1.54, 1.807) is 12.1 Å². The number of halogens is 4. The molecule has 0 aliphatic carbocycles. The van der Waals surface area contributed by atoms with E-state index in [0.29, 0.717) is 18.4 Å². The summed E-state index contributed by atoms with van der Waals surface area (Å²) >= 11 is 0. The molecule has 1 N–H and O–H groups in total. The average Bonchev–Trinajstić information content (AvgIpc) is 2.80. The average molecular weight is 273 g/mol. The van der Waals surface area contributed by atoms with Crippen LogP contribution in [0, 0.1) is 5.82 Å². The Bertz CT molecular complexity index is 534. The highest BCUT2D eigenvalue weighted by molar-refractivity contribution is 5.26. The number of alkyl halides is 3. The van der Waals surface area contributed by atoms with E-state index in [2.05, 4.69) is 5.32 Å². The highest BCUT2D eigenvalue weighted by atomic mass is 19.4. The molecule has 1 heterocycles. The summed E-state index contributed by atoms with van der Waals surface area (Å²) in [5.74, 6) is -0.239. The van der Waals surface area contributed by atoms with Crippen LogP contribution in [0.2, 0.25) is 0 Å². The molecule has 2 rings (SSSR count). The summed E-state index contributed by atoms with van der Waals surface area (Å²) in [6.07, 6.45) is -3.04. The number of hydrogen-bond donors (Lipinski definition) is 1. The van der Waals surface area contributed by atoms with Gasteiger partial charge in [-0.3, -0.25) is 0 Å². The first-order valence-electron chi connectivity index (χ1n) is 5.55. The fourth-order valence-electron chi connectivity index (χ4n) is 1.66. The largest absolute Gasteiger partial charge is 0.468 e. The molecule has 19 heavy (non-hydrogen) atoms. The van der Waals surface area contributed by atoms with Crippen LogP contribution in [0.25, 0.3) is 0 Å². The van der Waals surface area contributed by atoms with E-state index in [4.69, 9.17) is 4.42 Å². The molecule has 0 unspecified atom stereocenters. The van der Waals surface area contributed by atoms with Crippen LogP contribution in [0.5, 0.6) is 0 Å². The minimum Gasteiger partial charge on any atom is -0.468 e. The first-order chi connectivity index (χ1) is 8.95. The van der Waals surface area contributed by atoms with E-state index in [0.717, 1.165) is 12.1 Å². The molecule has 1 aromatic heterocycles. The molecule has 0 aliphatic rings. The monoisotopic (exact) mass is 273 g/mol. The van der Waals surface area contributed by atoms with Crippen LogP contribution in [0.1, 0.15) is 16.9 Å². The molecule has 0 saturated heterocycles. The fourth-order valence-corrected chi connectivity index (χ4v) is 1.66. The summed E-state index contributed by atoms with van der Waals surface area (Å²) < 4.78 is 55.6. The van der Waals surface area contributed by atoms with Crippen LogP contribution in [-0.4, -0.2) is 0 Å². The molecule has 2 nitrogen and oxygen atoms in total. The second-order valence-corrected chi connectivity index (χ2v) is 4.03. The number of furan rings is 1. The molecular weight excluding hydrogens is 262 g/mol. The van der Waals surface area contributed by atoms with Crippen molar-refractivity contribution >= 4 is 0 Å². The zero-order valence-electron chi connectivity index (χ0n) is 9.80. The number of benzene rings is 1. The Labute approximate surface area is 107 Å². The minimum absolute atomic E-state index is 0.127. The van der Waals surface area contributed by atoms with Gasteiger partial charge in [0, 0.05) is 6.54 Å². The quantitative estimate of drug-likeness (QED) is 0.859. The Morgan fingerprint density at radius 3 is 2.53 bits per heavy atom. The topological polar surface area (TPSA) is 25.2 Å². The van der Waals surface area contributed by atoms with Crippen LogP contribution in [0.4, 0.5) is 17.6 Å². The zero-order chi connectivity index (χ0) is 13.9. The highest BCUT2D eigenvalue weighted by Gasteiger charge is 2.31. The van der Waals surface area contributed by atoms with E-state index in [1.807, 2.05) is 0 Å². The van der Waals surface area contributed by atoms with E-state index >= 15 is 0 Å². The zero-order valence-corrected chi connectivity index (χ0v) is 9.80. The molecule has 0 radical (unpaired) electrons. The van der Waals surface area contributed by atoms with Crippen molar-refractivity contribution in [2.45, 2.75) is 19.3 Å². The van der Waals surface area contributed by atoms with Crippen LogP contribution < -0.4 is 5.32 Å². The predicted molar refractivity (Wildman–Crippen MR) is 60.7 cm³/mol. The molecule has 0 bridgehead atoms. The Morgan fingerprint density at radius 1 is 1.11 bits per heavy atom. The third-order valence-corrected chi connectivity index (χ3v) is 2.49. The summed E-state index contributed by atoms with van der Waals surface area (Å²) in [6, 6.07) is 5.93. The van der Waals surface area contributed by atoms with Gasteiger partial charge in [-0.15, -0.1) is 0 Å². The van der Waals surface area contributed by atoms with Crippen LogP contribution in [0.15, 0.2) is 41.0 Å². The number of rotatable bonds is 4. The Hall–Kier alpha value is -1.82. The van der Waals surface area contributed by atoms with E-state index in [-0.39, 0.29) is 12.1 Å². The molecule has 0 spiro atoms. The van der Waals surface area contributed by atoms with Gasteiger partial charge in [0.1, 0.15) is 11.6 Å². The van der Waals surface area contributed by atoms with Gasteiger partial charge in [0.15, 0.2) is 0 Å². The van der Waals surface area contributed by atoms with Crippen molar-refractivity contribution in [1.82, 2.24) is 5.32 Å². The van der Waals surface area contributed by atoms with Crippen molar-refractivity contribution < 1.29 is 22.0 Å². The maximum atomic E-state index is 13.1. The molecule has 2 aromatic rings. The summed E-state index contributed by atoms with van der Waals surface area (Å²) in [5, 5.41) is 2.88. The first-order valence-corrected chi connectivity index (χ1v) is 5.55. The van der Waals surface area contributed by atoms with E-state index < -0.39 is 17.6 Å². The van der Waals surface area contributed by atoms with E-state index in [9.17, 15) is 17.6 Å². The van der Waals surface area contributed by atoms with Gasteiger partial charge < -0.3 is 9.73 Å². The standard InChI is InChI=1S/C13H11F4NO/c14-11-5-9(4-10(6-11)13(15,16)17)7-18-8-12-2-1-3-19-12/h1-6,18H,7-8H2. The van der Waals surface area contributed by atoms with Crippen molar-refractivity contribution in [2.75, 3.05) is 0 Å². The van der Waals surface area contributed by atoms with Crippen molar-refractivity contribution in [3.63, 3.8) is 0 Å². The molecule has 1 aromatic carbocycles. The van der Waals surface area contributed by atoms with Gasteiger partial charge in [0.25, 0.3) is 0 Å². The molecule has 6 heteroatoms. The lowest BCUT2D eigenvalue weighted by Crippen LogP contribution is -2.14. The van der Waals surface area contributed by atoms with Crippen molar-refractivity contribution in [3.05, 3.63) is 59.3 Å². The van der Waals surface area contributed by atoms with Crippen LogP contribution in [0.3, 0.4) is 0 Å². The lowest BCUT2D eigenvalue weighted by Gasteiger charge is -2.09. The molecule has 0 atom stereocenters. The Kier molecular flexibility index (Phi) is 3.90. The summed E-state index contributed by atoms with van der Waals surface area (Å²) in [5.41, 5.74) is -0.749. The summed E-state index contributed by atoms with van der Waals surface area (Å²) in [4.78, 5) is 0. The summed E-state index contributed by atoms with van der Waals surface area (Å²) in [7, 11) is 0. The normalized spacial score (nSPS) is 11.8. The molecule has 102 valence electrons. The Morgan fingerprint density at radius 2 is 1.89 bits per heavy atom. The van der Waals surface area contributed by atoms with Crippen LogP contribution >= 0.6 is 0 Å². The van der Waals surface area contributed by atoms with Crippen molar-refractivity contribution in [2.24, 2.45) is 0 Å². The lowest BCUT2D eigenvalue weighted by atomic mass is 10.1. The highest BCUT2D eigenvalue weighted by Crippen LogP contribution is 2.30. The number of nitrogens with one attached hydrogen (secondary N) is 1. The van der Waals surface area contributed by atoms with E-state index in [1.165, 1.54) is 6.26 Å². The van der Waals surface area contributed by atoms with Crippen molar-refractivity contribution in [3.8, 4) is 0 Å². The lowest BCUT2D eigenvalue weighted by molar-refractivity contribution is -0.137. The molecular formula is C13H11F4NO. The van der Waals surface area contributed by atoms with Gasteiger partial charge in [-0.05, 0) is 35.9 Å². The van der Waals surface area contributed by atoms with Gasteiger partial charge in [-0.2, -0.15) is 13.2 Å². The van der Waals surface area contributed by atoms with Gasteiger partial charge in [0.05, 0.1) is 18.4 Å². The molecule has 0 fully saturated rings. The second kappa shape index (κ2) is 5.44. The SMILES string of the molecule is Fc1cc(CNCc2ccco2)cc(C(F)(F)F)c1. The maximum absolute atomic E-state index is 13.1. The van der Waals surface area contributed by atoms with Gasteiger partial charge in [0.2, 0.25) is 0 Å². The molecule has 0 aliphatic heterocycles. The van der Waals surface area contributed by atoms with Gasteiger partial charge in [-0.25, -0.2) is 4.39 Å². The fraction of sp³-hybridized carbons (Fsp3) is 0.231. The third-order valence-electron chi connectivity index (χ3n) is 2.49. The smallest absolute Gasteiger partial charge is 0.416 e. The van der Waals surface area contributed by atoms with Crippen LogP contribution in [-0.2, 0) is 19.3 Å². The summed E-state index contributed by atoms with van der Waals surface area (Å²) in [6.45, 7) is 0.492. The Balaban J connectivity index is 2.02. The van der Waals surface area contributed by atoms with Crippen molar-refractivity contribution in [1.29, 1.82) is 0 Å². The first kappa shape index (κ1) is 13.6.